The van der Waals surface area contributed by atoms with Gasteiger partial charge in [-0.15, -0.1) is 0 Å². The molecule has 0 saturated carbocycles. The first-order valence-corrected chi connectivity index (χ1v) is 13.0. The molecular weight excluding hydrogens is 509 g/mol. The van der Waals surface area contributed by atoms with Crippen molar-refractivity contribution in [1.82, 2.24) is 19.8 Å². The number of pyridine rings is 2. The summed E-state index contributed by atoms with van der Waals surface area (Å²) >= 11 is 0. The van der Waals surface area contributed by atoms with Gasteiger partial charge in [0, 0.05) is 43.3 Å². The van der Waals surface area contributed by atoms with Crippen LogP contribution in [0.25, 0.3) is 10.9 Å². The number of halogens is 1. The Morgan fingerprint density at radius 2 is 1.68 bits per heavy atom. The zero-order valence-electron chi connectivity index (χ0n) is 20.5. The summed E-state index contributed by atoms with van der Waals surface area (Å²) in [5, 5.41) is 0.879. The van der Waals surface area contributed by atoms with Crippen LogP contribution in [-0.2, 0) is 11.0 Å². The van der Waals surface area contributed by atoms with E-state index in [2.05, 4.69) is 14.7 Å². The van der Waals surface area contributed by atoms with Crippen molar-refractivity contribution in [3.8, 4) is 5.75 Å². The number of nitrogens with zero attached hydrogens (tertiary/aromatic N) is 4. The largest absolute Gasteiger partial charge is 0.495 e. The molecule has 1 unspecified atom stereocenters. The summed E-state index contributed by atoms with van der Waals surface area (Å²) in [4.78, 5) is 37.8. The van der Waals surface area contributed by atoms with E-state index in [1.54, 1.807) is 40.3 Å². The van der Waals surface area contributed by atoms with Crippen molar-refractivity contribution in [2.24, 2.45) is 0 Å². The standard InChI is InChI=1S/C27H24FN5O4S/c1-37-23-16-19(7-9-21(23)31-38(36)24-6-2-4-18-5-3-11-29-25(18)24)26(34)32-12-14-33(15-13-32)27(35)22-10-8-20(28)17-30-22/h2-11,16-17,31H,12-15H2,1H3. The van der Waals surface area contributed by atoms with E-state index in [4.69, 9.17) is 4.74 Å². The lowest BCUT2D eigenvalue weighted by atomic mass is 10.1. The van der Waals surface area contributed by atoms with E-state index in [0.717, 1.165) is 11.6 Å². The minimum atomic E-state index is -1.62. The zero-order chi connectivity index (χ0) is 26.6. The van der Waals surface area contributed by atoms with Crippen LogP contribution in [0.4, 0.5) is 10.1 Å². The van der Waals surface area contributed by atoms with E-state index in [-0.39, 0.29) is 17.5 Å². The van der Waals surface area contributed by atoms with Gasteiger partial charge in [0.05, 0.1) is 29.4 Å². The monoisotopic (exact) mass is 533 g/mol. The van der Waals surface area contributed by atoms with Gasteiger partial charge >= 0.3 is 0 Å². The number of rotatable bonds is 6. The number of ether oxygens (including phenoxy) is 1. The summed E-state index contributed by atoms with van der Waals surface area (Å²) in [6, 6.07) is 16.6. The summed E-state index contributed by atoms with van der Waals surface area (Å²) in [6.45, 7) is 1.34. The van der Waals surface area contributed by atoms with Crippen molar-refractivity contribution in [3.05, 3.63) is 90.1 Å². The number of aromatic nitrogens is 2. The Morgan fingerprint density at radius 3 is 2.39 bits per heavy atom. The molecule has 0 bridgehead atoms. The third-order valence-corrected chi connectivity index (χ3v) is 7.38. The summed E-state index contributed by atoms with van der Waals surface area (Å²) in [5.74, 6) is -0.649. The Hall–Kier alpha value is -4.38. The number of anilines is 1. The van der Waals surface area contributed by atoms with Crippen LogP contribution in [0.2, 0.25) is 0 Å². The molecule has 1 N–H and O–H groups in total. The normalized spacial score (nSPS) is 14.3. The highest BCUT2D eigenvalue weighted by molar-refractivity contribution is 7.86. The highest BCUT2D eigenvalue weighted by atomic mass is 32.2. The van der Waals surface area contributed by atoms with Gasteiger partial charge in [0.2, 0.25) is 0 Å². The first kappa shape index (κ1) is 25.3. The highest BCUT2D eigenvalue weighted by Gasteiger charge is 2.26. The van der Waals surface area contributed by atoms with Crippen LogP contribution in [0.1, 0.15) is 20.8 Å². The fourth-order valence-corrected chi connectivity index (χ4v) is 5.28. The predicted octanol–water partition coefficient (Wildman–Crippen LogP) is 3.51. The molecule has 38 heavy (non-hydrogen) atoms. The van der Waals surface area contributed by atoms with Crippen molar-refractivity contribution in [2.75, 3.05) is 38.0 Å². The number of carbonyl (C=O) groups excluding carboxylic acids is 2. The van der Waals surface area contributed by atoms with Crippen LogP contribution in [0, 0.1) is 5.82 Å². The Kier molecular flexibility index (Phi) is 7.27. The molecule has 2 aromatic carbocycles. The molecule has 194 valence electrons. The fraction of sp³-hybridized carbons (Fsp3) is 0.185. The molecular formula is C27H24FN5O4S. The van der Waals surface area contributed by atoms with Crippen LogP contribution in [0.5, 0.6) is 5.75 Å². The zero-order valence-corrected chi connectivity index (χ0v) is 21.3. The molecule has 1 aliphatic heterocycles. The summed E-state index contributed by atoms with van der Waals surface area (Å²) in [6.07, 6.45) is 2.66. The number of methoxy groups -OCH3 is 1. The Balaban J connectivity index is 1.26. The molecule has 1 saturated heterocycles. The van der Waals surface area contributed by atoms with Gasteiger partial charge in [0.1, 0.15) is 17.3 Å². The molecule has 2 amide bonds. The van der Waals surface area contributed by atoms with Gasteiger partial charge in [-0.05, 0) is 42.5 Å². The van der Waals surface area contributed by atoms with Crippen molar-refractivity contribution in [1.29, 1.82) is 0 Å². The number of piperazine rings is 1. The molecule has 9 nitrogen and oxygen atoms in total. The molecule has 4 aromatic rings. The van der Waals surface area contributed by atoms with Crippen molar-refractivity contribution in [2.45, 2.75) is 4.90 Å². The van der Waals surface area contributed by atoms with E-state index in [9.17, 15) is 18.2 Å². The third-order valence-electron chi connectivity index (χ3n) is 6.25. The summed E-state index contributed by atoms with van der Waals surface area (Å²) in [7, 11) is -0.142. The van der Waals surface area contributed by atoms with Gasteiger partial charge in [-0.25, -0.2) is 13.6 Å². The second-order valence-electron chi connectivity index (χ2n) is 8.56. The van der Waals surface area contributed by atoms with Crippen molar-refractivity contribution < 1.29 is 22.9 Å². The van der Waals surface area contributed by atoms with Gasteiger partial charge in [0.15, 0.2) is 11.0 Å². The predicted molar refractivity (Wildman–Crippen MR) is 141 cm³/mol. The van der Waals surface area contributed by atoms with E-state index < -0.39 is 16.8 Å². The number of carbonyl (C=O) groups is 2. The second-order valence-corrected chi connectivity index (χ2v) is 9.74. The molecule has 1 aliphatic rings. The SMILES string of the molecule is COc1cc(C(=O)N2CCN(C(=O)c3ccc(F)cn3)CC2)ccc1NS(=O)c1cccc2cccnc12. The average Bonchev–Trinajstić information content (AvgIpc) is 2.96. The van der Waals surface area contributed by atoms with Gasteiger partial charge in [-0.1, -0.05) is 18.2 Å². The van der Waals surface area contributed by atoms with Crippen LogP contribution in [0.3, 0.4) is 0 Å². The third kappa shape index (κ3) is 5.18. The smallest absolute Gasteiger partial charge is 0.272 e. The van der Waals surface area contributed by atoms with Crippen LogP contribution in [0.15, 0.2) is 78.0 Å². The first-order valence-electron chi connectivity index (χ1n) is 11.8. The highest BCUT2D eigenvalue weighted by Crippen LogP contribution is 2.29. The van der Waals surface area contributed by atoms with Gasteiger partial charge in [0.25, 0.3) is 11.8 Å². The summed E-state index contributed by atoms with van der Waals surface area (Å²) in [5.41, 5.74) is 1.68. The van der Waals surface area contributed by atoms with Gasteiger partial charge in [-0.3, -0.25) is 19.3 Å². The topological polar surface area (TPSA) is 105 Å². The van der Waals surface area contributed by atoms with E-state index in [1.807, 2.05) is 24.3 Å². The molecule has 1 fully saturated rings. The lowest BCUT2D eigenvalue weighted by Gasteiger charge is -2.34. The Morgan fingerprint density at radius 1 is 0.947 bits per heavy atom. The maximum absolute atomic E-state index is 13.2. The minimum Gasteiger partial charge on any atom is -0.495 e. The number of para-hydroxylation sites is 1. The van der Waals surface area contributed by atoms with Crippen LogP contribution >= 0.6 is 0 Å². The molecule has 1 atom stereocenters. The molecule has 3 heterocycles. The Bertz CT molecular complexity index is 1520. The van der Waals surface area contributed by atoms with E-state index >= 15 is 0 Å². The number of hydrogen-bond acceptors (Lipinski definition) is 6. The Labute approximate surface area is 220 Å². The number of hydrogen-bond donors (Lipinski definition) is 1. The minimum absolute atomic E-state index is 0.163. The maximum Gasteiger partial charge on any atom is 0.272 e. The second kappa shape index (κ2) is 10.9. The van der Waals surface area contributed by atoms with Gasteiger partial charge in [-0.2, -0.15) is 0 Å². The molecule has 0 aliphatic carbocycles. The average molecular weight is 534 g/mol. The van der Waals surface area contributed by atoms with Crippen molar-refractivity contribution in [3.63, 3.8) is 0 Å². The maximum atomic E-state index is 13.2. The number of fused-ring (bicyclic) bond motifs is 1. The van der Waals surface area contributed by atoms with Crippen LogP contribution in [-0.4, -0.2) is 69.1 Å². The number of benzene rings is 2. The number of nitrogens with one attached hydrogen (secondary N) is 1. The fourth-order valence-electron chi connectivity index (χ4n) is 4.25. The molecule has 5 rings (SSSR count). The van der Waals surface area contributed by atoms with Gasteiger partial charge < -0.3 is 14.5 Å². The van der Waals surface area contributed by atoms with E-state index in [1.165, 1.54) is 19.2 Å². The lowest BCUT2D eigenvalue weighted by Crippen LogP contribution is -2.50. The van der Waals surface area contributed by atoms with E-state index in [0.29, 0.717) is 53.6 Å². The molecule has 2 aromatic heterocycles. The molecule has 11 heteroatoms. The first-order chi connectivity index (χ1) is 18.4. The molecule has 0 spiro atoms. The van der Waals surface area contributed by atoms with Crippen LogP contribution < -0.4 is 9.46 Å². The quantitative estimate of drug-likeness (QED) is 0.407. The number of amides is 2. The molecule has 0 radical (unpaired) electrons. The van der Waals surface area contributed by atoms with Crippen molar-refractivity contribution >= 4 is 39.4 Å². The summed E-state index contributed by atoms with van der Waals surface area (Å²) < 4.78 is 34.7. The lowest BCUT2D eigenvalue weighted by molar-refractivity contribution is 0.0532.